The maximum absolute atomic E-state index is 13.9. The molecule has 0 aromatic carbocycles. The minimum atomic E-state index is -0.534. The van der Waals surface area contributed by atoms with E-state index in [0.717, 1.165) is 57.9 Å². The van der Waals surface area contributed by atoms with Crippen molar-refractivity contribution in [3.05, 3.63) is 11.6 Å². The van der Waals surface area contributed by atoms with Crippen LogP contribution in [0.15, 0.2) is 11.6 Å². The molecule has 1 heterocycles. The van der Waals surface area contributed by atoms with Crippen molar-refractivity contribution >= 4 is 17.8 Å². The Kier molecular flexibility index (Phi) is 11.7. The smallest absolute Gasteiger partial charge is 0.333 e. The highest BCUT2D eigenvalue weighted by molar-refractivity contribution is 5.91. The topological polar surface area (TPSA) is 79.0 Å². The van der Waals surface area contributed by atoms with Gasteiger partial charge >= 0.3 is 5.97 Å². The molecule has 0 bridgehead atoms. The molecule has 7 nitrogen and oxygen atoms in total. The van der Waals surface area contributed by atoms with Crippen LogP contribution in [0.5, 0.6) is 0 Å². The summed E-state index contributed by atoms with van der Waals surface area (Å²) in [6.07, 6.45) is 9.91. The summed E-state index contributed by atoms with van der Waals surface area (Å²) >= 11 is 0. The molecule has 2 unspecified atom stereocenters. The SMILES string of the molecule is CCOC(=O)/C(C)=C/[C@H](C(C)C)N(C)C(=O)[C@@H](NC(=O)C1CCCCN1C(C)CC)C1CCCC1. The van der Waals surface area contributed by atoms with Gasteiger partial charge in [0.25, 0.3) is 0 Å². The van der Waals surface area contributed by atoms with Crippen LogP contribution in [0.3, 0.4) is 0 Å². The van der Waals surface area contributed by atoms with Crippen LogP contribution in [0.2, 0.25) is 0 Å². The molecule has 1 saturated heterocycles. The van der Waals surface area contributed by atoms with Crippen molar-refractivity contribution < 1.29 is 19.1 Å². The predicted molar refractivity (Wildman–Crippen MR) is 140 cm³/mol. The lowest BCUT2D eigenvalue weighted by molar-refractivity contribution is -0.141. The van der Waals surface area contributed by atoms with E-state index in [1.807, 2.05) is 19.9 Å². The number of ether oxygens (including phenoxy) is 1. The van der Waals surface area contributed by atoms with Crippen molar-refractivity contribution in [2.75, 3.05) is 20.2 Å². The van der Waals surface area contributed by atoms with Gasteiger partial charge in [-0.1, -0.05) is 46.1 Å². The van der Waals surface area contributed by atoms with Crippen molar-refractivity contribution in [1.29, 1.82) is 0 Å². The molecule has 1 aliphatic heterocycles. The van der Waals surface area contributed by atoms with E-state index in [-0.39, 0.29) is 41.7 Å². The molecule has 2 fully saturated rings. The van der Waals surface area contributed by atoms with E-state index in [1.165, 1.54) is 0 Å². The summed E-state index contributed by atoms with van der Waals surface area (Å²) in [7, 11) is 1.79. The Bertz CT molecular complexity index is 744. The molecule has 1 aliphatic carbocycles. The third kappa shape index (κ3) is 7.80. The predicted octanol–water partition coefficient (Wildman–Crippen LogP) is 4.31. The van der Waals surface area contributed by atoms with Gasteiger partial charge in [0.2, 0.25) is 11.8 Å². The molecule has 0 aromatic heterocycles. The lowest BCUT2D eigenvalue weighted by Crippen LogP contribution is -2.59. The zero-order valence-electron chi connectivity index (χ0n) is 23.1. The summed E-state index contributed by atoms with van der Waals surface area (Å²) in [6.45, 7) is 13.2. The lowest BCUT2D eigenvalue weighted by Gasteiger charge is -2.40. The van der Waals surface area contributed by atoms with Crippen LogP contribution in [-0.4, -0.2) is 72.0 Å². The normalized spacial score (nSPS) is 22.5. The van der Waals surface area contributed by atoms with Crippen LogP contribution in [0.1, 0.15) is 92.9 Å². The Labute approximate surface area is 213 Å². The standard InChI is InChI=1S/C28H49N3O4/c1-8-21(6)31-17-13-12-16-23(31)26(32)29-25(22-14-10-11-15-22)27(33)30(7)24(19(3)4)18-20(5)28(34)35-9-2/h18-19,21-25H,8-17H2,1-7H3,(H,29,32)/b20-18+/t21?,23?,24-,25+/m1/s1. The Morgan fingerprint density at radius 1 is 1.06 bits per heavy atom. The van der Waals surface area contributed by atoms with Crippen LogP contribution >= 0.6 is 0 Å². The summed E-state index contributed by atoms with van der Waals surface area (Å²) in [5.74, 6) is -0.183. The zero-order valence-corrected chi connectivity index (χ0v) is 23.1. The molecule has 2 rings (SSSR count). The fourth-order valence-electron chi connectivity index (χ4n) is 5.61. The van der Waals surface area contributed by atoms with Crippen molar-refractivity contribution in [2.24, 2.45) is 11.8 Å². The van der Waals surface area contributed by atoms with Gasteiger partial charge in [0.1, 0.15) is 6.04 Å². The van der Waals surface area contributed by atoms with E-state index < -0.39 is 6.04 Å². The average molecular weight is 492 g/mol. The van der Waals surface area contributed by atoms with Crippen molar-refractivity contribution in [1.82, 2.24) is 15.1 Å². The summed E-state index contributed by atoms with van der Waals surface area (Å²) in [4.78, 5) is 43.7. The summed E-state index contributed by atoms with van der Waals surface area (Å²) in [6, 6.07) is -0.629. The first-order chi connectivity index (χ1) is 16.6. The van der Waals surface area contributed by atoms with E-state index in [0.29, 0.717) is 18.2 Å². The molecule has 1 saturated carbocycles. The monoisotopic (exact) mass is 491 g/mol. The number of hydrogen-bond acceptors (Lipinski definition) is 5. The number of carbonyl (C=O) groups is 3. The van der Waals surface area contributed by atoms with E-state index in [4.69, 9.17) is 4.74 Å². The van der Waals surface area contributed by atoms with Crippen LogP contribution in [0.25, 0.3) is 0 Å². The minimum absolute atomic E-state index is 0.0111. The third-order valence-electron chi connectivity index (χ3n) is 7.93. The highest BCUT2D eigenvalue weighted by Gasteiger charge is 2.39. The Hall–Kier alpha value is -1.89. The molecule has 35 heavy (non-hydrogen) atoms. The van der Waals surface area contributed by atoms with Crippen LogP contribution < -0.4 is 5.32 Å². The number of likely N-dealkylation sites (N-methyl/N-ethyl adjacent to an activating group) is 1. The van der Waals surface area contributed by atoms with E-state index in [9.17, 15) is 14.4 Å². The number of piperidine rings is 1. The van der Waals surface area contributed by atoms with Gasteiger partial charge < -0.3 is 15.0 Å². The summed E-state index contributed by atoms with van der Waals surface area (Å²) in [5.41, 5.74) is 0.498. The molecule has 200 valence electrons. The molecular weight excluding hydrogens is 442 g/mol. The number of likely N-dealkylation sites (tertiary alicyclic amines) is 1. The maximum atomic E-state index is 13.9. The quantitative estimate of drug-likeness (QED) is 0.344. The first kappa shape index (κ1) is 29.3. The number of rotatable bonds is 11. The second kappa shape index (κ2) is 14.0. The van der Waals surface area contributed by atoms with Gasteiger partial charge in [-0.2, -0.15) is 0 Å². The van der Waals surface area contributed by atoms with Crippen molar-refractivity contribution in [3.8, 4) is 0 Å². The zero-order chi connectivity index (χ0) is 26.1. The molecule has 0 aromatic rings. The van der Waals surface area contributed by atoms with E-state index in [2.05, 4.69) is 24.1 Å². The summed E-state index contributed by atoms with van der Waals surface area (Å²) in [5, 5.41) is 3.22. The fourth-order valence-corrected chi connectivity index (χ4v) is 5.61. The lowest BCUT2D eigenvalue weighted by atomic mass is 9.93. The largest absolute Gasteiger partial charge is 0.463 e. The van der Waals surface area contributed by atoms with Crippen LogP contribution in [0.4, 0.5) is 0 Å². The Morgan fingerprint density at radius 3 is 2.26 bits per heavy atom. The van der Waals surface area contributed by atoms with Gasteiger partial charge in [0.05, 0.1) is 18.7 Å². The highest BCUT2D eigenvalue weighted by Crippen LogP contribution is 2.30. The van der Waals surface area contributed by atoms with Gasteiger partial charge in [0, 0.05) is 18.7 Å². The van der Waals surface area contributed by atoms with E-state index in [1.54, 1.807) is 25.8 Å². The minimum Gasteiger partial charge on any atom is -0.463 e. The van der Waals surface area contributed by atoms with E-state index >= 15 is 0 Å². The Balaban J connectivity index is 2.25. The molecular formula is C28H49N3O4. The molecule has 2 aliphatic rings. The van der Waals surface area contributed by atoms with Crippen LogP contribution in [-0.2, 0) is 19.1 Å². The van der Waals surface area contributed by atoms with Gasteiger partial charge in [0.15, 0.2) is 0 Å². The molecule has 7 heteroatoms. The Morgan fingerprint density at radius 2 is 1.69 bits per heavy atom. The molecule has 0 spiro atoms. The number of amides is 2. The second-order valence-electron chi connectivity index (χ2n) is 10.8. The van der Waals surface area contributed by atoms with Gasteiger partial charge in [-0.05, 0) is 71.3 Å². The maximum Gasteiger partial charge on any atom is 0.333 e. The van der Waals surface area contributed by atoms with Crippen molar-refractivity contribution in [3.63, 3.8) is 0 Å². The van der Waals surface area contributed by atoms with Gasteiger partial charge in [-0.15, -0.1) is 0 Å². The molecule has 2 amide bonds. The first-order valence-corrected chi connectivity index (χ1v) is 13.8. The second-order valence-corrected chi connectivity index (χ2v) is 10.8. The van der Waals surface area contributed by atoms with Crippen molar-refractivity contribution in [2.45, 2.75) is 117 Å². The number of hydrogen-bond donors (Lipinski definition) is 1. The molecule has 4 atom stereocenters. The molecule has 1 N–H and O–H groups in total. The number of carbonyl (C=O) groups excluding carboxylic acids is 3. The number of nitrogens with one attached hydrogen (secondary N) is 1. The number of esters is 1. The van der Waals surface area contributed by atoms with Crippen LogP contribution in [0, 0.1) is 11.8 Å². The van der Waals surface area contributed by atoms with Gasteiger partial charge in [-0.3, -0.25) is 14.5 Å². The fraction of sp³-hybridized carbons (Fsp3) is 0.821. The summed E-state index contributed by atoms with van der Waals surface area (Å²) < 4.78 is 5.14. The van der Waals surface area contributed by atoms with Gasteiger partial charge in [-0.25, -0.2) is 4.79 Å². The molecule has 0 radical (unpaired) electrons. The number of nitrogens with zero attached hydrogens (tertiary/aromatic N) is 2. The first-order valence-electron chi connectivity index (χ1n) is 13.8. The average Bonchev–Trinajstić information content (AvgIpc) is 3.38. The highest BCUT2D eigenvalue weighted by atomic mass is 16.5. The third-order valence-corrected chi connectivity index (χ3v) is 7.93.